The largest absolute Gasteiger partial charge is 0.457 e. The molecule has 6 rings (SSSR count). The normalized spacial score (nSPS) is 15.0. The topological polar surface area (TPSA) is 106 Å². The molecule has 0 atom stereocenters. The number of carbonyl (C=O) groups is 1. The second-order valence-corrected chi connectivity index (χ2v) is 8.04. The zero-order valence-electron chi connectivity index (χ0n) is 16.9. The number of benzene rings is 2. The number of ether oxygens (including phenoxy) is 1. The van der Waals surface area contributed by atoms with Crippen LogP contribution in [0, 0.1) is 0 Å². The number of hydrogen-bond acceptors (Lipinski definition) is 5. The first-order valence-corrected chi connectivity index (χ1v) is 10.4. The van der Waals surface area contributed by atoms with E-state index in [1.54, 1.807) is 0 Å². The zero-order chi connectivity index (χ0) is 21.8. The molecular weight excluding hydrogens is 408 g/mol. The summed E-state index contributed by atoms with van der Waals surface area (Å²) in [6.07, 6.45) is 3.15. The SMILES string of the molecule is O=C(NC1c2ccccc2Oc2ccccc21)c1cnc2c(c1)c(=O)[nH]c(=O)n2C1CC1. The molecule has 32 heavy (non-hydrogen) atoms. The van der Waals surface area contributed by atoms with Gasteiger partial charge in [-0.25, -0.2) is 9.78 Å². The molecule has 8 heteroatoms. The molecule has 1 fully saturated rings. The van der Waals surface area contributed by atoms with Gasteiger partial charge in [0, 0.05) is 23.4 Å². The Bertz CT molecular complexity index is 1470. The summed E-state index contributed by atoms with van der Waals surface area (Å²) < 4.78 is 7.48. The van der Waals surface area contributed by atoms with Crippen molar-refractivity contribution in [3.8, 4) is 11.5 Å². The number of rotatable bonds is 3. The van der Waals surface area contributed by atoms with Gasteiger partial charge in [0.25, 0.3) is 11.5 Å². The predicted octanol–water partition coefficient (Wildman–Crippen LogP) is 3.04. The molecule has 1 amide bonds. The summed E-state index contributed by atoms with van der Waals surface area (Å²) in [6.45, 7) is 0. The lowest BCUT2D eigenvalue weighted by molar-refractivity contribution is 0.0941. The molecule has 158 valence electrons. The van der Waals surface area contributed by atoms with E-state index in [0.29, 0.717) is 17.1 Å². The monoisotopic (exact) mass is 426 g/mol. The number of fused-ring (bicyclic) bond motifs is 3. The Labute approximate surface area is 181 Å². The van der Waals surface area contributed by atoms with Gasteiger partial charge in [0.1, 0.15) is 17.1 Å². The van der Waals surface area contributed by atoms with Crippen molar-refractivity contribution >= 4 is 16.9 Å². The molecule has 2 aliphatic rings. The standard InChI is InChI=1S/C24H18N4O4/c29-22(13-11-17-21(25-12-13)28(14-9-10-14)24(31)27-23(17)30)26-20-15-5-1-3-7-18(15)32-19-8-4-2-6-16(19)20/h1-8,11-12,14,20H,9-10H2,(H,26,29)(H,27,30,31). The van der Waals surface area contributed by atoms with Crippen LogP contribution in [0.2, 0.25) is 0 Å². The highest BCUT2D eigenvalue weighted by Gasteiger charge is 2.30. The third-order valence-electron chi connectivity index (χ3n) is 5.91. The minimum absolute atomic E-state index is 0.0456. The lowest BCUT2D eigenvalue weighted by Gasteiger charge is -2.28. The van der Waals surface area contributed by atoms with E-state index in [1.807, 2.05) is 48.5 Å². The Balaban J connectivity index is 1.41. The van der Waals surface area contributed by atoms with E-state index in [2.05, 4.69) is 15.3 Å². The molecule has 1 aliphatic carbocycles. The minimum Gasteiger partial charge on any atom is -0.457 e. The maximum Gasteiger partial charge on any atom is 0.330 e. The summed E-state index contributed by atoms with van der Waals surface area (Å²) in [4.78, 5) is 44.5. The van der Waals surface area contributed by atoms with Crippen LogP contribution in [0.3, 0.4) is 0 Å². The van der Waals surface area contributed by atoms with E-state index in [9.17, 15) is 14.4 Å². The van der Waals surface area contributed by atoms with Crippen LogP contribution in [0.5, 0.6) is 11.5 Å². The van der Waals surface area contributed by atoms with Crippen LogP contribution >= 0.6 is 0 Å². The lowest BCUT2D eigenvalue weighted by Crippen LogP contribution is -2.32. The van der Waals surface area contributed by atoms with Crippen molar-refractivity contribution in [3.63, 3.8) is 0 Å². The predicted molar refractivity (Wildman–Crippen MR) is 117 cm³/mol. The molecule has 0 bridgehead atoms. The maximum absolute atomic E-state index is 13.2. The number of amides is 1. The van der Waals surface area contributed by atoms with E-state index >= 15 is 0 Å². The van der Waals surface area contributed by atoms with Crippen LogP contribution in [-0.2, 0) is 0 Å². The van der Waals surface area contributed by atoms with Crippen molar-refractivity contribution in [2.24, 2.45) is 0 Å². The molecule has 0 radical (unpaired) electrons. The quantitative estimate of drug-likeness (QED) is 0.524. The number of nitrogens with zero attached hydrogens (tertiary/aromatic N) is 2. The Morgan fingerprint density at radius 2 is 1.69 bits per heavy atom. The Kier molecular flexibility index (Phi) is 4.01. The first kappa shape index (κ1) is 18.6. The number of hydrogen-bond donors (Lipinski definition) is 2. The fraction of sp³-hybridized carbons (Fsp3) is 0.167. The maximum atomic E-state index is 13.2. The van der Waals surface area contributed by atoms with E-state index < -0.39 is 17.3 Å². The molecule has 0 saturated heterocycles. The van der Waals surface area contributed by atoms with Crippen LogP contribution in [0.4, 0.5) is 0 Å². The Morgan fingerprint density at radius 1 is 1.03 bits per heavy atom. The number of carbonyl (C=O) groups excluding carboxylic acids is 1. The van der Waals surface area contributed by atoms with Crippen LogP contribution < -0.4 is 21.3 Å². The highest BCUT2D eigenvalue weighted by molar-refractivity contribution is 5.97. The van der Waals surface area contributed by atoms with Gasteiger partial charge in [0.15, 0.2) is 0 Å². The van der Waals surface area contributed by atoms with Crippen LogP contribution in [-0.4, -0.2) is 20.4 Å². The summed E-state index contributed by atoms with van der Waals surface area (Å²) in [5.74, 6) is 0.982. The van der Waals surface area contributed by atoms with Gasteiger partial charge in [-0.15, -0.1) is 0 Å². The van der Waals surface area contributed by atoms with Gasteiger partial charge < -0.3 is 10.1 Å². The molecule has 1 saturated carbocycles. The average molecular weight is 426 g/mol. The molecule has 1 aliphatic heterocycles. The number of aromatic amines is 1. The van der Waals surface area contributed by atoms with E-state index in [-0.39, 0.29) is 22.9 Å². The fourth-order valence-corrected chi connectivity index (χ4v) is 4.21. The fourth-order valence-electron chi connectivity index (χ4n) is 4.21. The van der Waals surface area contributed by atoms with Crippen LogP contribution in [0.1, 0.15) is 46.4 Å². The molecule has 8 nitrogen and oxygen atoms in total. The van der Waals surface area contributed by atoms with Crippen molar-refractivity contribution in [3.05, 3.63) is 98.3 Å². The van der Waals surface area contributed by atoms with E-state index in [0.717, 1.165) is 24.0 Å². The van der Waals surface area contributed by atoms with Gasteiger partial charge in [-0.2, -0.15) is 0 Å². The first-order chi connectivity index (χ1) is 15.6. The minimum atomic E-state index is -0.550. The highest BCUT2D eigenvalue weighted by atomic mass is 16.5. The van der Waals surface area contributed by atoms with Crippen LogP contribution in [0.25, 0.3) is 11.0 Å². The van der Waals surface area contributed by atoms with Crippen molar-refractivity contribution in [1.82, 2.24) is 19.9 Å². The molecule has 0 unspecified atom stereocenters. The molecule has 2 N–H and O–H groups in total. The molecule has 2 aromatic carbocycles. The van der Waals surface area contributed by atoms with Crippen molar-refractivity contribution in [2.45, 2.75) is 24.9 Å². The second kappa shape index (κ2) is 6.91. The summed E-state index contributed by atoms with van der Waals surface area (Å²) in [7, 11) is 0. The molecule has 3 heterocycles. The number of para-hydroxylation sites is 2. The van der Waals surface area contributed by atoms with Gasteiger partial charge >= 0.3 is 5.69 Å². The van der Waals surface area contributed by atoms with Crippen molar-refractivity contribution in [1.29, 1.82) is 0 Å². The Hall–Kier alpha value is -4.20. The second-order valence-electron chi connectivity index (χ2n) is 8.04. The van der Waals surface area contributed by atoms with Gasteiger partial charge in [0.05, 0.1) is 17.0 Å². The first-order valence-electron chi connectivity index (χ1n) is 10.4. The average Bonchev–Trinajstić information content (AvgIpc) is 3.64. The summed E-state index contributed by atoms with van der Waals surface area (Å²) >= 11 is 0. The summed E-state index contributed by atoms with van der Waals surface area (Å²) in [5.41, 5.74) is 1.21. The zero-order valence-corrected chi connectivity index (χ0v) is 16.9. The van der Waals surface area contributed by atoms with Gasteiger partial charge in [-0.05, 0) is 31.0 Å². The van der Waals surface area contributed by atoms with Gasteiger partial charge in [-0.3, -0.25) is 19.1 Å². The Morgan fingerprint density at radius 3 is 2.34 bits per heavy atom. The van der Waals surface area contributed by atoms with Gasteiger partial charge in [0.2, 0.25) is 0 Å². The summed E-state index contributed by atoms with van der Waals surface area (Å²) in [5, 5.41) is 3.27. The third kappa shape index (κ3) is 2.91. The third-order valence-corrected chi connectivity index (χ3v) is 5.91. The van der Waals surface area contributed by atoms with E-state index in [4.69, 9.17) is 4.74 Å². The smallest absolute Gasteiger partial charge is 0.330 e. The molecular formula is C24H18N4O4. The number of nitrogens with one attached hydrogen (secondary N) is 2. The number of H-pyrrole nitrogens is 1. The van der Waals surface area contributed by atoms with Gasteiger partial charge in [-0.1, -0.05) is 36.4 Å². The number of pyridine rings is 1. The van der Waals surface area contributed by atoms with Crippen LogP contribution in [0.15, 0.2) is 70.4 Å². The number of aromatic nitrogens is 3. The molecule has 2 aromatic heterocycles. The van der Waals surface area contributed by atoms with E-state index in [1.165, 1.54) is 16.8 Å². The highest BCUT2D eigenvalue weighted by Crippen LogP contribution is 2.42. The van der Waals surface area contributed by atoms with Crippen molar-refractivity contribution < 1.29 is 9.53 Å². The summed E-state index contributed by atoms with van der Waals surface area (Å²) in [6, 6.07) is 16.2. The van der Waals surface area contributed by atoms with Crippen molar-refractivity contribution in [2.75, 3.05) is 0 Å². The molecule has 0 spiro atoms. The molecule has 4 aromatic rings. The lowest BCUT2D eigenvalue weighted by atomic mass is 9.94.